The van der Waals surface area contributed by atoms with Gasteiger partial charge in [-0.2, -0.15) is 0 Å². The zero-order valence-corrected chi connectivity index (χ0v) is 11.1. The van der Waals surface area contributed by atoms with Crippen molar-refractivity contribution in [3.05, 3.63) is 36.4 Å². The highest BCUT2D eigenvalue weighted by atomic mass is 16.5. The fraction of sp³-hybridized carbons (Fsp3) is 0.200. The van der Waals surface area contributed by atoms with Crippen LogP contribution in [0.15, 0.2) is 36.4 Å². The molecular weight excluding hydrogens is 244 g/mol. The van der Waals surface area contributed by atoms with Crippen LogP contribution in [0.3, 0.4) is 0 Å². The maximum atomic E-state index is 10.2. The predicted molar refractivity (Wildman–Crippen MR) is 73.2 cm³/mol. The highest BCUT2D eigenvalue weighted by Gasteiger charge is 2.11. The second-order valence-electron chi connectivity index (χ2n) is 3.96. The van der Waals surface area contributed by atoms with Gasteiger partial charge in [0.25, 0.3) is 0 Å². The van der Waals surface area contributed by atoms with E-state index in [0.29, 0.717) is 22.8 Å². The van der Waals surface area contributed by atoms with Gasteiger partial charge in [-0.25, -0.2) is 0 Å². The van der Waals surface area contributed by atoms with Gasteiger partial charge in [0.1, 0.15) is 11.5 Å². The number of para-hydroxylation sites is 1. The van der Waals surface area contributed by atoms with Gasteiger partial charge in [0, 0.05) is 11.6 Å². The Morgan fingerprint density at radius 3 is 2.00 bits per heavy atom. The van der Waals surface area contributed by atoms with Crippen molar-refractivity contribution < 1.29 is 19.3 Å². The molecule has 100 valence electrons. The Balaban J connectivity index is 2.58. The Morgan fingerprint density at radius 1 is 0.842 bits per heavy atom. The first-order chi connectivity index (χ1) is 9.19. The van der Waals surface area contributed by atoms with Gasteiger partial charge in [0.05, 0.1) is 21.3 Å². The molecular formula is C15H16O4. The number of rotatable bonds is 4. The molecule has 0 spiro atoms. The van der Waals surface area contributed by atoms with Crippen molar-refractivity contribution in [1.82, 2.24) is 0 Å². The lowest BCUT2D eigenvalue weighted by Crippen LogP contribution is -1.90. The van der Waals surface area contributed by atoms with Crippen molar-refractivity contribution in [3.63, 3.8) is 0 Å². The summed E-state index contributed by atoms with van der Waals surface area (Å²) in [6, 6.07) is 10.8. The van der Waals surface area contributed by atoms with Crippen LogP contribution in [-0.2, 0) is 0 Å². The van der Waals surface area contributed by atoms with Gasteiger partial charge in [0.15, 0.2) is 11.5 Å². The van der Waals surface area contributed by atoms with E-state index in [1.54, 1.807) is 26.4 Å². The number of ether oxygens (including phenoxy) is 3. The molecule has 0 saturated heterocycles. The van der Waals surface area contributed by atoms with Gasteiger partial charge in [-0.3, -0.25) is 0 Å². The van der Waals surface area contributed by atoms with Gasteiger partial charge in [-0.1, -0.05) is 12.1 Å². The van der Waals surface area contributed by atoms with Crippen LogP contribution >= 0.6 is 0 Å². The van der Waals surface area contributed by atoms with Crippen LogP contribution in [0.1, 0.15) is 0 Å². The highest BCUT2D eigenvalue weighted by molar-refractivity contribution is 5.75. The molecule has 0 radical (unpaired) electrons. The van der Waals surface area contributed by atoms with Gasteiger partial charge < -0.3 is 19.3 Å². The Hall–Kier alpha value is -2.36. The molecule has 4 heteroatoms. The molecule has 0 aromatic heterocycles. The SMILES string of the molecule is COc1cc(OC)cc(-c2cccc(OC)c2O)c1. The molecule has 0 amide bonds. The number of phenolic OH excluding ortho intramolecular Hbond substituents is 1. The number of phenols is 1. The summed E-state index contributed by atoms with van der Waals surface area (Å²) in [6.07, 6.45) is 0. The van der Waals surface area contributed by atoms with Gasteiger partial charge in [-0.05, 0) is 23.8 Å². The first-order valence-corrected chi connectivity index (χ1v) is 5.79. The smallest absolute Gasteiger partial charge is 0.165 e. The van der Waals surface area contributed by atoms with Crippen molar-refractivity contribution in [2.24, 2.45) is 0 Å². The van der Waals surface area contributed by atoms with Crippen LogP contribution in [0, 0.1) is 0 Å². The average Bonchev–Trinajstić information content (AvgIpc) is 2.46. The Morgan fingerprint density at radius 2 is 1.47 bits per heavy atom. The van der Waals surface area contributed by atoms with Crippen molar-refractivity contribution in [2.45, 2.75) is 0 Å². The lowest BCUT2D eigenvalue weighted by Gasteiger charge is -2.11. The summed E-state index contributed by atoms with van der Waals surface area (Å²) in [7, 11) is 4.69. The first-order valence-electron chi connectivity index (χ1n) is 5.79. The molecule has 0 atom stereocenters. The Labute approximate surface area is 112 Å². The topological polar surface area (TPSA) is 47.9 Å². The number of benzene rings is 2. The lowest BCUT2D eigenvalue weighted by atomic mass is 10.0. The summed E-state index contributed by atoms with van der Waals surface area (Å²) in [6.45, 7) is 0. The fourth-order valence-electron chi connectivity index (χ4n) is 1.88. The summed E-state index contributed by atoms with van der Waals surface area (Å²) in [4.78, 5) is 0. The van der Waals surface area contributed by atoms with E-state index < -0.39 is 0 Å². The van der Waals surface area contributed by atoms with E-state index in [9.17, 15) is 5.11 Å². The molecule has 2 aromatic rings. The van der Waals surface area contributed by atoms with Crippen molar-refractivity contribution in [3.8, 4) is 34.1 Å². The maximum Gasteiger partial charge on any atom is 0.165 e. The molecule has 0 saturated carbocycles. The Kier molecular flexibility index (Phi) is 3.80. The number of methoxy groups -OCH3 is 3. The number of hydrogen-bond donors (Lipinski definition) is 1. The molecule has 0 fully saturated rings. The molecule has 0 aliphatic rings. The third-order valence-electron chi connectivity index (χ3n) is 2.88. The van der Waals surface area contributed by atoms with Crippen LogP contribution in [0.25, 0.3) is 11.1 Å². The van der Waals surface area contributed by atoms with Crippen LogP contribution in [-0.4, -0.2) is 26.4 Å². The third-order valence-corrected chi connectivity index (χ3v) is 2.88. The second kappa shape index (κ2) is 5.52. The molecule has 0 bridgehead atoms. The quantitative estimate of drug-likeness (QED) is 0.917. The lowest BCUT2D eigenvalue weighted by molar-refractivity contribution is 0.374. The van der Waals surface area contributed by atoms with Crippen LogP contribution in [0.2, 0.25) is 0 Å². The summed E-state index contributed by atoms with van der Waals surface area (Å²) in [5.74, 6) is 1.85. The van der Waals surface area contributed by atoms with Crippen LogP contribution in [0.5, 0.6) is 23.0 Å². The van der Waals surface area contributed by atoms with E-state index in [2.05, 4.69) is 0 Å². The zero-order valence-electron chi connectivity index (χ0n) is 11.1. The van der Waals surface area contributed by atoms with E-state index in [1.165, 1.54) is 7.11 Å². The van der Waals surface area contributed by atoms with Crippen molar-refractivity contribution in [1.29, 1.82) is 0 Å². The van der Waals surface area contributed by atoms with Crippen molar-refractivity contribution in [2.75, 3.05) is 21.3 Å². The van der Waals surface area contributed by atoms with E-state index >= 15 is 0 Å². The summed E-state index contributed by atoms with van der Waals surface area (Å²) in [5, 5.41) is 10.2. The van der Waals surface area contributed by atoms with E-state index in [-0.39, 0.29) is 5.75 Å². The normalized spacial score (nSPS) is 10.1. The number of aromatic hydroxyl groups is 1. The Bertz CT molecular complexity index is 556. The molecule has 1 N–H and O–H groups in total. The molecule has 2 aromatic carbocycles. The van der Waals surface area contributed by atoms with E-state index in [0.717, 1.165) is 5.56 Å². The first kappa shape index (κ1) is 13.1. The highest BCUT2D eigenvalue weighted by Crippen LogP contribution is 2.39. The predicted octanol–water partition coefficient (Wildman–Crippen LogP) is 3.09. The van der Waals surface area contributed by atoms with Gasteiger partial charge in [-0.15, -0.1) is 0 Å². The average molecular weight is 260 g/mol. The minimum Gasteiger partial charge on any atom is -0.504 e. The molecule has 0 heterocycles. The van der Waals surface area contributed by atoms with E-state index in [4.69, 9.17) is 14.2 Å². The van der Waals surface area contributed by atoms with E-state index in [1.807, 2.05) is 24.3 Å². The molecule has 0 aliphatic heterocycles. The molecule has 0 aliphatic carbocycles. The summed E-state index contributed by atoms with van der Waals surface area (Å²) >= 11 is 0. The van der Waals surface area contributed by atoms with Crippen molar-refractivity contribution >= 4 is 0 Å². The fourth-order valence-corrected chi connectivity index (χ4v) is 1.88. The molecule has 19 heavy (non-hydrogen) atoms. The molecule has 4 nitrogen and oxygen atoms in total. The largest absolute Gasteiger partial charge is 0.504 e. The van der Waals surface area contributed by atoms with Gasteiger partial charge in [0.2, 0.25) is 0 Å². The minimum absolute atomic E-state index is 0.0975. The summed E-state index contributed by atoms with van der Waals surface area (Å²) in [5.41, 5.74) is 1.46. The standard InChI is InChI=1S/C15H16O4/c1-17-11-7-10(8-12(9-11)18-2)13-5-4-6-14(19-3)15(13)16/h4-9,16H,1-3H3. The number of hydrogen-bond acceptors (Lipinski definition) is 4. The summed E-state index contributed by atoms with van der Waals surface area (Å²) < 4.78 is 15.6. The maximum absolute atomic E-state index is 10.2. The van der Waals surface area contributed by atoms with Gasteiger partial charge >= 0.3 is 0 Å². The minimum atomic E-state index is 0.0975. The third kappa shape index (κ3) is 2.57. The molecule has 0 unspecified atom stereocenters. The zero-order chi connectivity index (χ0) is 13.8. The van der Waals surface area contributed by atoms with Crippen LogP contribution < -0.4 is 14.2 Å². The monoisotopic (exact) mass is 260 g/mol. The second-order valence-corrected chi connectivity index (χ2v) is 3.96. The van der Waals surface area contributed by atoms with Crippen LogP contribution in [0.4, 0.5) is 0 Å². The molecule has 2 rings (SSSR count).